The second-order valence-electron chi connectivity index (χ2n) is 5.55. The van der Waals surface area contributed by atoms with Gasteiger partial charge in [0.25, 0.3) is 0 Å². The smallest absolute Gasteiger partial charge is 0.0121 e. The van der Waals surface area contributed by atoms with E-state index in [1.54, 1.807) is 0 Å². The summed E-state index contributed by atoms with van der Waals surface area (Å²) in [4.78, 5) is 2.73. The lowest BCUT2D eigenvalue weighted by Crippen LogP contribution is -2.45. The van der Waals surface area contributed by atoms with E-state index in [-0.39, 0.29) is 0 Å². The summed E-state index contributed by atoms with van der Waals surface area (Å²) in [5.74, 6) is 1.81. The molecule has 0 bridgehead atoms. The monoisotopic (exact) mass is 210 g/mol. The first-order valence-corrected chi connectivity index (χ1v) is 6.72. The highest BCUT2D eigenvalue weighted by Gasteiger charge is 2.35. The summed E-state index contributed by atoms with van der Waals surface area (Å²) in [5, 5.41) is 0. The van der Waals surface area contributed by atoms with Crippen molar-refractivity contribution in [2.45, 2.75) is 58.0 Å². The fourth-order valence-corrected chi connectivity index (χ4v) is 3.15. The quantitative estimate of drug-likeness (QED) is 0.771. The molecule has 2 atom stereocenters. The Labute approximate surface area is 94.2 Å². The van der Waals surface area contributed by atoms with Gasteiger partial charge >= 0.3 is 0 Å². The molecule has 2 heteroatoms. The molecule has 2 N–H and O–H groups in total. The summed E-state index contributed by atoms with van der Waals surface area (Å²) in [6.07, 6.45) is 6.94. The van der Waals surface area contributed by atoms with Gasteiger partial charge in [-0.3, -0.25) is 0 Å². The van der Waals surface area contributed by atoms with E-state index in [2.05, 4.69) is 18.7 Å². The molecule has 0 spiro atoms. The van der Waals surface area contributed by atoms with Gasteiger partial charge in [-0.1, -0.05) is 6.92 Å². The van der Waals surface area contributed by atoms with E-state index in [9.17, 15) is 0 Å². The molecule has 2 fully saturated rings. The Morgan fingerprint density at radius 3 is 2.13 bits per heavy atom. The van der Waals surface area contributed by atoms with Crippen LogP contribution in [0.4, 0.5) is 0 Å². The van der Waals surface area contributed by atoms with E-state index < -0.39 is 0 Å². The summed E-state index contributed by atoms with van der Waals surface area (Å²) in [6.45, 7) is 7.10. The van der Waals surface area contributed by atoms with E-state index >= 15 is 0 Å². The number of nitrogens with two attached hydrogens (primary N) is 1. The number of rotatable bonds is 4. The van der Waals surface area contributed by atoms with E-state index in [1.807, 2.05) is 0 Å². The standard InChI is InChI=1S/C13H26N2/c1-3-13(12-4-5-12)15-8-6-11(7-9-15)10(2)14/h10-13H,3-9,14H2,1-2H3. The first-order chi connectivity index (χ1) is 7.22. The van der Waals surface area contributed by atoms with Crippen LogP contribution in [0.2, 0.25) is 0 Å². The van der Waals surface area contributed by atoms with Crippen molar-refractivity contribution in [3.05, 3.63) is 0 Å². The second-order valence-corrected chi connectivity index (χ2v) is 5.55. The maximum absolute atomic E-state index is 5.97. The lowest BCUT2D eigenvalue weighted by Gasteiger charge is -2.38. The van der Waals surface area contributed by atoms with Crippen molar-refractivity contribution in [3.63, 3.8) is 0 Å². The maximum atomic E-state index is 5.97. The van der Waals surface area contributed by atoms with Crippen LogP contribution in [0.3, 0.4) is 0 Å². The van der Waals surface area contributed by atoms with Crippen molar-refractivity contribution < 1.29 is 0 Å². The molecule has 2 aliphatic rings. The summed E-state index contributed by atoms with van der Waals surface area (Å²) in [7, 11) is 0. The predicted molar refractivity (Wildman–Crippen MR) is 64.7 cm³/mol. The normalized spacial score (nSPS) is 29.0. The number of piperidine rings is 1. The summed E-state index contributed by atoms with van der Waals surface area (Å²) < 4.78 is 0. The fraction of sp³-hybridized carbons (Fsp3) is 1.00. The summed E-state index contributed by atoms with van der Waals surface area (Å²) >= 11 is 0. The van der Waals surface area contributed by atoms with Gasteiger partial charge < -0.3 is 10.6 Å². The Kier molecular flexibility index (Phi) is 3.68. The van der Waals surface area contributed by atoms with Crippen LogP contribution in [0.25, 0.3) is 0 Å². The summed E-state index contributed by atoms with van der Waals surface area (Å²) in [6, 6.07) is 1.28. The largest absolute Gasteiger partial charge is 0.328 e. The Balaban J connectivity index is 1.81. The third kappa shape index (κ3) is 2.73. The zero-order chi connectivity index (χ0) is 10.8. The van der Waals surface area contributed by atoms with Crippen molar-refractivity contribution in [3.8, 4) is 0 Å². The third-order valence-corrected chi connectivity index (χ3v) is 4.37. The highest BCUT2D eigenvalue weighted by atomic mass is 15.2. The van der Waals surface area contributed by atoms with Crippen LogP contribution in [0, 0.1) is 11.8 Å². The van der Waals surface area contributed by atoms with E-state index in [0.29, 0.717) is 6.04 Å². The van der Waals surface area contributed by atoms with Gasteiger partial charge in [-0.15, -0.1) is 0 Å². The highest BCUT2D eigenvalue weighted by Crippen LogP contribution is 2.38. The van der Waals surface area contributed by atoms with Crippen LogP contribution in [-0.2, 0) is 0 Å². The van der Waals surface area contributed by atoms with Crippen LogP contribution in [-0.4, -0.2) is 30.1 Å². The minimum atomic E-state index is 0.396. The van der Waals surface area contributed by atoms with E-state index in [0.717, 1.165) is 17.9 Å². The molecule has 0 radical (unpaired) electrons. The molecule has 2 rings (SSSR count). The number of likely N-dealkylation sites (tertiary alicyclic amines) is 1. The molecule has 0 aromatic heterocycles. The maximum Gasteiger partial charge on any atom is 0.0121 e. The topological polar surface area (TPSA) is 29.3 Å². The Bertz CT molecular complexity index is 191. The molecule has 1 aliphatic heterocycles. The van der Waals surface area contributed by atoms with Gasteiger partial charge in [-0.25, -0.2) is 0 Å². The van der Waals surface area contributed by atoms with Crippen molar-refractivity contribution in [1.29, 1.82) is 0 Å². The minimum absolute atomic E-state index is 0.396. The third-order valence-electron chi connectivity index (χ3n) is 4.37. The minimum Gasteiger partial charge on any atom is -0.328 e. The van der Waals surface area contributed by atoms with Crippen molar-refractivity contribution >= 4 is 0 Å². The van der Waals surface area contributed by atoms with Gasteiger partial charge in [-0.2, -0.15) is 0 Å². The van der Waals surface area contributed by atoms with Crippen LogP contribution in [0.5, 0.6) is 0 Å². The lowest BCUT2D eigenvalue weighted by molar-refractivity contribution is 0.109. The predicted octanol–water partition coefficient (Wildman–Crippen LogP) is 2.23. The summed E-state index contributed by atoms with van der Waals surface area (Å²) in [5.41, 5.74) is 5.97. The van der Waals surface area contributed by atoms with Gasteiger partial charge in [0.15, 0.2) is 0 Å². The van der Waals surface area contributed by atoms with Crippen LogP contribution >= 0.6 is 0 Å². The molecular weight excluding hydrogens is 184 g/mol. The Morgan fingerprint density at radius 1 is 1.13 bits per heavy atom. The molecule has 2 unspecified atom stereocenters. The second kappa shape index (κ2) is 4.84. The lowest BCUT2D eigenvalue weighted by atomic mass is 9.89. The van der Waals surface area contributed by atoms with Gasteiger partial charge in [0.2, 0.25) is 0 Å². The van der Waals surface area contributed by atoms with E-state index in [1.165, 1.54) is 45.2 Å². The van der Waals surface area contributed by atoms with Gasteiger partial charge in [0, 0.05) is 12.1 Å². The molecule has 1 heterocycles. The highest BCUT2D eigenvalue weighted by molar-refractivity contribution is 4.90. The molecule has 1 saturated heterocycles. The SMILES string of the molecule is CCC(C1CC1)N1CCC(C(C)N)CC1. The number of hydrogen-bond acceptors (Lipinski definition) is 2. The van der Waals surface area contributed by atoms with Crippen LogP contribution in [0.1, 0.15) is 46.0 Å². The average molecular weight is 210 g/mol. The first kappa shape index (κ1) is 11.4. The molecule has 0 aromatic carbocycles. The van der Waals surface area contributed by atoms with Crippen molar-refractivity contribution in [1.82, 2.24) is 4.90 Å². The van der Waals surface area contributed by atoms with Gasteiger partial charge in [-0.05, 0) is 64.0 Å². The van der Waals surface area contributed by atoms with Crippen LogP contribution in [0.15, 0.2) is 0 Å². The molecule has 88 valence electrons. The average Bonchev–Trinajstić information content (AvgIpc) is 3.04. The molecule has 0 amide bonds. The molecule has 0 aromatic rings. The molecule has 15 heavy (non-hydrogen) atoms. The van der Waals surface area contributed by atoms with Crippen LogP contribution < -0.4 is 5.73 Å². The first-order valence-electron chi connectivity index (χ1n) is 6.72. The molecular formula is C13H26N2. The van der Waals surface area contributed by atoms with Gasteiger partial charge in [0.1, 0.15) is 0 Å². The van der Waals surface area contributed by atoms with E-state index in [4.69, 9.17) is 5.73 Å². The number of hydrogen-bond donors (Lipinski definition) is 1. The van der Waals surface area contributed by atoms with Crippen molar-refractivity contribution in [2.24, 2.45) is 17.6 Å². The number of nitrogens with zero attached hydrogens (tertiary/aromatic N) is 1. The fourth-order valence-electron chi connectivity index (χ4n) is 3.15. The Hall–Kier alpha value is -0.0800. The zero-order valence-corrected chi connectivity index (χ0v) is 10.3. The zero-order valence-electron chi connectivity index (χ0n) is 10.3. The molecule has 1 aliphatic carbocycles. The Morgan fingerprint density at radius 2 is 1.73 bits per heavy atom. The van der Waals surface area contributed by atoms with Gasteiger partial charge in [0.05, 0.1) is 0 Å². The molecule has 2 nitrogen and oxygen atoms in total. The van der Waals surface area contributed by atoms with Crippen molar-refractivity contribution in [2.75, 3.05) is 13.1 Å². The molecule has 1 saturated carbocycles.